The van der Waals surface area contributed by atoms with Gasteiger partial charge in [0.25, 0.3) is 11.8 Å². The highest BCUT2D eigenvalue weighted by atomic mass is 19.1. The number of hydrogen-bond donors (Lipinski definition) is 4. The van der Waals surface area contributed by atoms with E-state index in [9.17, 15) is 38.2 Å². The van der Waals surface area contributed by atoms with Gasteiger partial charge in [-0.25, -0.2) is 8.78 Å². The van der Waals surface area contributed by atoms with Crippen LogP contribution < -0.4 is 10.6 Å². The zero-order valence-electron chi connectivity index (χ0n) is 24.5. The quantitative estimate of drug-likeness (QED) is 0.0716. The maximum atomic E-state index is 14.0. The summed E-state index contributed by atoms with van der Waals surface area (Å²) in [5, 5.41) is 25.3. The highest BCUT2D eigenvalue weighted by Crippen LogP contribution is 2.19. The van der Waals surface area contributed by atoms with Crippen LogP contribution in [0.2, 0.25) is 0 Å². The van der Waals surface area contributed by atoms with Crippen LogP contribution in [0.4, 0.5) is 8.78 Å². The largest absolute Gasteiger partial charge is 0.507 e. The molecule has 0 atom stereocenters. The Balaban J connectivity index is 1.24. The summed E-state index contributed by atoms with van der Waals surface area (Å²) in [7, 11) is 0. The van der Waals surface area contributed by atoms with Gasteiger partial charge in [0, 0.05) is 49.2 Å². The van der Waals surface area contributed by atoms with Crippen LogP contribution in [-0.4, -0.2) is 46.7 Å². The molecule has 2 amide bonds. The van der Waals surface area contributed by atoms with Crippen LogP contribution in [0.1, 0.15) is 33.4 Å². The van der Waals surface area contributed by atoms with Gasteiger partial charge in [0.05, 0.1) is 0 Å². The number of halogens is 2. The van der Waals surface area contributed by atoms with Crippen molar-refractivity contribution in [2.24, 2.45) is 0 Å². The van der Waals surface area contributed by atoms with Gasteiger partial charge >= 0.3 is 0 Å². The molecule has 4 aromatic carbocycles. The molecule has 0 fully saturated rings. The minimum absolute atomic E-state index is 0.204. The number of aliphatic hydroxyl groups is 2. The van der Waals surface area contributed by atoms with E-state index in [0.29, 0.717) is 22.3 Å². The molecule has 4 aromatic rings. The lowest BCUT2D eigenvalue weighted by Gasteiger charge is -2.07. The van der Waals surface area contributed by atoms with E-state index >= 15 is 0 Å². The first-order valence-corrected chi connectivity index (χ1v) is 14.2. The third-order valence-corrected chi connectivity index (χ3v) is 6.83. The smallest absolute Gasteiger partial charge is 0.291 e. The number of carbonyl (C=O) groups is 4. The molecule has 0 aromatic heterocycles. The van der Waals surface area contributed by atoms with Gasteiger partial charge in [-0.1, -0.05) is 72.8 Å². The van der Waals surface area contributed by atoms with Crippen LogP contribution in [0.25, 0.3) is 11.5 Å². The molecule has 0 saturated heterocycles. The Morgan fingerprint density at radius 1 is 0.565 bits per heavy atom. The predicted octanol–water partition coefficient (Wildman–Crippen LogP) is 5.02. The van der Waals surface area contributed by atoms with Crippen molar-refractivity contribution in [2.45, 2.75) is 12.8 Å². The molecule has 0 unspecified atom stereocenters. The number of ketones is 2. The summed E-state index contributed by atoms with van der Waals surface area (Å²) in [5.74, 6) is -5.86. The van der Waals surface area contributed by atoms with Crippen LogP contribution in [0.5, 0.6) is 0 Å². The van der Waals surface area contributed by atoms with Crippen LogP contribution in [0, 0.1) is 11.6 Å². The van der Waals surface area contributed by atoms with Crippen LogP contribution >= 0.6 is 0 Å². The van der Waals surface area contributed by atoms with Gasteiger partial charge < -0.3 is 20.8 Å². The van der Waals surface area contributed by atoms with Crippen molar-refractivity contribution in [3.63, 3.8) is 0 Å². The summed E-state index contributed by atoms with van der Waals surface area (Å²) in [6, 6.07) is 25.5. The van der Waals surface area contributed by atoms with Gasteiger partial charge in [0.1, 0.15) is 23.2 Å². The van der Waals surface area contributed by atoms with Gasteiger partial charge in [0.2, 0.25) is 11.6 Å². The Morgan fingerprint density at radius 2 is 0.957 bits per heavy atom. The molecule has 0 aliphatic carbocycles. The molecule has 0 aliphatic heterocycles. The Hall–Kier alpha value is -5.90. The van der Waals surface area contributed by atoms with Gasteiger partial charge in [-0.3, -0.25) is 19.2 Å². The molecule has 4 N–H and O–H groups in total. The number of nitrogens with one attached hydrogen (secondary N) is 2. The van der Waals surface area contributed by atoms with Crippen molar-refractivity contribution in [1.29, 1.82) is 0 Å². The lowest BCUT2D eigenvalue weighted by molar-refractivity contribution is -0.135. The summed E-state index contributed by atoms with van der Waals surface area (Å²) >= 11 is 0. The molecule has 10 heteroatoms. The molecular weight excluding hydrogens is 594 g/mol. The molecule has 46 heavy (non-hydrogen) atoms. The van der Waals surface area contributed by atoms with E-state index in [1.807, 2.05) is 0 Å². The third kappa shape index (κ3) is 9.30. The monoisotopic (exact) mass is 624 g/mol. The van der Waals surface area contributed by atoms with E-state index in [1.165, 1.54) is 24.3 Å². The van der Waals surface area contributed by atoms with E-state index < -0.39 is 34.9 Å². The van der Waals surface area contributed by atoms with E-state index in [0.717, 1.165) is 12.2 Å². The molecule has 234 valence electrons. The zero-order valence-corrected chi connectivity index (χ0v) is 24.5. The zero-order chi connectivity index (χ0) is 33.1. The van der Waals surface area contributed by atoms with Gasteiger partial charge in [-0.2, -0.15) is 0 Å². The number of benzene rings is 4. The number of carbonyl (C=O) groups excluding carboxylic acids is 4. The third-order valence-electron chi connectivity index (χ3n) is 6.83. The summed E-state index contributed by atoms with van der Waals surface area (Å²) in [6.07, 6.45) is 2.02. The average molecular weight is 625 g/mol. The summed E-state index contributed by atoms with van der Waals surface area (Å²) in [6.45, 7) is -0.409. The van der Waals surface area contributed by atoms with E-state index in [4.69, 9.17) is 0 Å². The number of hydrogen-bond acceptors (Lipinski definition) is 6. The minimum Gasteiger partial charge on any atom is -0.507 e. The van der Waals surface area contributed by atoms with E-state index in [1.54, 1.807) is 72.8 Å². The maximum absolute atomic E-state index is 14.0. The SMILES string of the molecule is O=C(/C=C(\O)c1cccc(Cc2ccccc2F)c1)C(=O)NCCNC(=O)C(=O)/C=C(\O)c1cccc(Cc2ccccc2F)c1. The first-order valence-electron chi connectivity index (χ1n) is 14.2. The number of amides is 2. The fourth-order valence-corrected chi connectivity index (χ4v) is 4.48. The highest BCUT2D eigenvalue weighted by Gasteiger charge is 2.16. The van der Waals surface area contributed by atoms with Crippen molar-refractivity contribution >= 4 is 34.9 Å². The number of rotatable bonds is 13. The number of aliphatic hydroxyl groups excluding tert-OH is 2. The van der Waals surface area contributed by atoms with Gasteiger partial charge in [-0.15, -0.1) is 0 Å². The molecule has 8 nitrogen and oxygen atoms in total. The molecule has 0 saturated carbocycles. The summed E-state index contributed by atoms with van der Waals surface area (Å²) in [5.41, 5.74) is 2.80. The average Bonchev–Trinajstić information content (AvgIpc) is 3.05. The molecule has 0 radical (unpaired) electrons. The molecule has 0 bridgehead atoms. The lowest BCUT2D eigenvalue weighted by atomic mass is 10.0. The first kappa shape index (κ1) is 33.0. The van der Waals surface area contributed by atoms with Crippen LogP contribution in [0.3, 0.4) is 0 Å². The van der Waals surface area contributed by atoms with E-state index in [-0.39, 0.29) is 48.7 Å². The Labute approximate surface area is 263 Å². The Kier molecular flexibility index (Phi) is 11.3. The van der Waals surface area contributed by atoms with Crippen molar-refractivity contribution < 1.29 is 38.2 Å². The molecule has 4 rings (SSSR count). The second-order valence-corrected chi connectivity index (χ2v) is 10.2. The standard InChI is InChI=1S/C36H30F2N2O6/c37-29-13-3-1-9-25(29)17-23-7-5-11-27(19-23)31(41)21-33(43)35(45)39-15-16-40-36(46)34(44)22-32(42)28-12-6-8-24(20-28)18-26-10-2-4-14-30(26)38/h1-14,19-22,41-42H,15-18H2,(H,39,45)(H,40,46)/b31-21-,32-22-. The normalized spacial score (nSPS) is 11.5. The van der Waals surface area contributed by atoms with Crippen LogP contribution in [-0.2, 0) is 32.0 Å². The fourth-order valence-electron chi connectivity index (χ4n) is 4.48. The fraction of sp³-hybridized carbons (Fsp3) is 0.111. The molecule has 0 heterocycles. The van der Waals surface area contributed by atoms with Crippen molar-refractivity contribution in [1.82, 2.24) is 10.6 Å². The Bertz CT molecular complexity index is 1700. The Morgan fingerprint density at radius 3 is 1.35 bits per heavy atom. The van der Waals surface area contributed by atoms with Gasteiger partial charge in [0.15, 0.2) is 0 Å². The predicted molar refractivity (Wildman–Crippen MR) is 169 cm³/mol. The summed E-state index contributed by atoms with van der Waals surface area (Å²) in [4.78, 5) is 49.0. The summed E-state index contributed by atoms with van der Waals surface area (Å²) < 4.78 is 28.0. The van der Waals surface area contributed by atoms with Crippen molar-refractivity contribution in [2.75, 3.05) is 13.1 Å². The maximum Gasteiger partial charge on any atom is 0.291 e. The second-order valence-electron chi connectivity index (χ2n) is 10.2. The highest BCUT2D eigenvalue weighted by molar-refractivity contribution is 6.42. The molecular formula is C36H30F2N2O6. The molecule has 0 aliphatic rings. The van der Waals surface area contributed by atoms with Crippen molar-refractivity contribution in [3.8, 4) is 0 Å². The first-order chi connectivity index (χ1) is 22.1. The van der Waals surface area contributed by atoms with Gasteiger partial charge in [-0.05, 0) is 46.5 Å². The second kappa shape index (κ2) is 15.7. The minimum atomic E-state index is -1.05. The lowest BCUT2D eigenvalue weighted by Crippen LogP contribution is -2.39. The van der Waals surface area contributed by atoms with Crippen molar-refractivity contribution in [3.05, 3.63) is 154 Å². The van der Waals surface area contributed by atoms with Crippen LogP contribution in [0.15, 0.2) is 109 Å². The topological polar surface area (TPSA) is 133 Å². The van der Waals surface area contributed by atoms with E-state index in [2.05, 4.69) is 10.6 Å². The molecule has 0 spiro atoms.